The van der Waals surface area contributed by atoms with Crippen LogP contribution in [0.25, 0.3) is 10.8 Å². The summed E-state index contributed by atoms with van der Waals surface area (Å²) in [5.74, 6) is -0.0866. The molecule has 3 aliphatic rings. The number of hydrazone groups is 1. The topological polar surface area (TPSA) is 59.0 Å². The Morgan fingerprint density at radius 2 is 1.68 bits per heavy atom. The van der Waals surface area contributed by atoms with Crippen LogP contribution in [0.4, 0.5) is 0 Å². The molecule has 1 heterocycles. The molecule has 0 unspecified atom stereocenters. The average Bonchev–Trinajstić information content (AvgIpc) is 3.53. The van der Waals surface area contributed by atoms with Crippen LogP contribution in [-0.4, -0.2) is 23.0 Å². The lowest BCUT2D eigenvalue weighted by Gasteiger charge is -2.14. The second-order valence-corrected chi connectivity index (χ2v) is 9.78. The van der Waals surface area contributed by atoms with Crippen LogP contribution < -0.4 is 4.74 Å². The van der Waals surface area contributed by atoms with Gasteiger partial charge in [-0.15, -0.1) is 0 Å². The Morgan fingerprint density at radius 3 is 2.41 bits per heavy atom. The maximum Gasteiger partial charge on any atom is 0.254 e. The molecule has 0 aromatic heterocycles. The summed E-state index contributed by atoms with van der Waals surface area (Å²) in [6, 6.07) is 17.0. The van der Waals surface area contributed by atoms with E-state index >= 15 is 0 Å². The van der Waals surface area contributed by atoms with Crippen LogP contribution in [0.1, 0.15) is 17.5 Å². The largest absolute Gasteiger partial charge is 0.488 e. The molecule has 3 aromatic carbocycles. The summed E-state index contributed by atoms with van der Waals surface area (Å²) in [4.78, 5) is 26.1. The van der Waals surface area contributed by atoms with E-state index < -0.39 is 0 Å². The Morgan fingerprint density at radius 1 is 0.941 bits per heavy atom. The van der Waals surface area contributed by atoms with E-state index in [9.17, 15) is 9.59 Å². The third kappa shape index (κ3) is 3.42. The minimum Gasteiger partial charge on any atom is -0.488 e. The van der Waals surface area contributed by atoms with E-state index in [1.165, 1.54) is 0 Å². The number of imide groups is 1. The molecule has 0 radical (unpaired) electrons. The predicted octanol–water partition coefficient (Wildman–Crippen LogP) is 5.87. The van der Waals surface area contributed by atoms with E-state index in [0.717, 1.165) is 27.8 Å². The fraction of sp³-hybridized carbons (Fsp3) is 0.222. The summed E-state index contributed by atoms with van der Waals surface area (Å²) < 4.78 is 6.12. The monoisotopic (exact) mass is 490 g/mol. The number of hydrogen-bond acceptors (Lipinski definition) is 4. The van der Waals surface area contributed by atoms with Crippen molar-refractivity contribution in [3.8, 4) is 5.75 Å². The zero-order chi connectivity index (χ0) is 23.4. The van der Waals surface area contributed by atoms with Crippen LogP contribution in [0.2, 0.25) is 10.0 Å². The van der Waals surface area contributed by atoms with Crippen molar-refractivity contribution in [3.63, 3.8) is 0 Å². The lowest BCUT2D eigenvalue weighted by Crippen LogP contribution is -2.28. The number of carbonyl (C=O) groups is 2. The Balaban J connectivity index is 1.32. The molecular weight excluding hydrogens is 471 g/mol. The Hall–Kier alpha value is -3.15. The SMILES string of the molecule is O=C1[C@@H]2[C@H](C(=O)N1N=Cc1c(OCc3ccc(Cl)c(Cl)c3)ccc3ccccc13)[C@H]1C=C[C@H]2C1. The van der Waals surface area contributed by atoms with Crippen molar-refractivity contribution in [2.45, 2.75) is 13.0 Å². The first kappa shape index (κ1) is 21.4. The van der Waals surface area contributed by atoms with Gasteiger partial charge in [0.2, 0.25) is 0 Å². The van der Waals surface area contributed by atoms with E-state index in [1.54, 1.807) is 18.3 Å². The van der Waals surface area contributed by atoms with Gasteiger partial charge in [-0.3, -0.25) is 9.59 Å². The van der Waals surface area contributed by atoms with Gasteiger partial charge in [0, 0.05) is 5.56 Å². The highest BCUT2D eigenvalue weighted by atomic mass is 35.5. The third-order valence-corrected chi connectivity index (χ3v) is 7.80. The number of fused-ring (bicyclic) bond motifs is 6. The fourth-order valence-corrected chi connectivity index (χ4v) is 5.76. The zero-order valence-electron chi connectivity index (χ0n) is 18.0. The standard InChI is InChI=1S/C27H20Cl2N2O3/c28-21-9-5-15(11-22(21)29)14-34-23-10-8-16-3-1-2-4-19(16)20(23)13-30-31-26(32)24-17-6-7-18(12-17)25(24)27(31)33/h1-11,13,17-18,24-25H,12,14H2/t17-,18-,24-,25+/m0/s1. The lowest BCUT2D eigenvalue weighted by molar-refractivity contribution is -0.140. The number of carbonyl (C=O) groups excluding carboxylic acids is 2. The van der Waals surface area contributed by atoms with E-state index in [1.807, 2.05) is 42.5 Å². The molecule has 0 N–H and O–H groups in total. The highest BCUT2D eigenvalue weighted by Crippen LogP contribution is 2.52. The molecule has 170 valence electrons. The van der Waals surface area contributed by atoms with Crippen LogP contribution in [0.5, 0.6) is 5.75 Å². The first-order valence-corrected chi connectivity index (χ1v) is 12.0. The molecule has 3 aromatic rings. The number of nitrogens with zero attached hydrogens (tertiary/aromatic N) is 2. The van der Waals surface area contributed by atoms with Gasteiger partial charge in [-0.2, -0.15) is 10.1 Å². The average molecular weight is 491 g/mol. The summed E-state index contributed by atoms with van der Waals surface area (Å²) in [5, 5.41) is 8.31. The van der Waals surface area contributed by atoms with Gasteiger partial charge in [0.1, 0.15) is 12.4 Å². The molecule has 1 saturated carbocycles. The summed E-state index contributed by atoms with van der Waals surface area (Å²) >= 11 is 12.2. The van der Waals surface area contributed by atoms with Crippen molar-refractivity contribution >= 4 is 52.0 Å². The van der Waals surface area contributed by atoms with Crippen LogP contribution in [0.3, 0.4) is 0 Å². The molecular formula is C27H20Cl2N2O3. The quantitative estimate of drug-likeness (QED) is 0.255. The molecule has 2 amide bonds. The van der Waals surface area contributed by atoms with Gasteiger partial charge >= 0.3 is 0 Å². The predicted molar refractivity (Wildman–Crippen MR) is 132 cm³/mol. The molecule has 4 atom stereocenters. The van der Waals surface area contributed by atoms with Crippen LogP contribution >= 0.6 is 23.2 Å². The number of halogens is 2. The fourth-order valence-electron chi connectivity index (χ4n) is 5.44. The minimum absolute atomic E-state index is 0.147. The third-order valence-electron chi connectivity index (χ3n) is 7.06. The second-order valence-electron chi connectivity index (χ2n) is 8.97. The van der Waals surface area contributed by atoms with Gasteiger partial charge in [-0.1, -0.05) is 71.8 Å². The number of ether oxygens (including phenoxy) is 1. The maximum atomic E-state index is 13.0. The number of benzene rings is 3. The summed E-state index contributed by atoms with van der Waals surface area (Å²) in [5.41, 5.74) is 1.57. The van der Waals surface area contributed by atoms with Gasteiger partial charge in [-0.05, 0) is 52.8 Å². The van der Waals surface area contributed by atoms with Crippen molar-refractivity contribution in [2.75, 3.05) is 0 Å². The van der Waals surface area contributed by atoms with Gasteiger partial charge < -0.3 is 4.74 Å². The number of amides is 2. The Bertz CT molecular complexity index is 1370. The van der Waals surface area contributed by atoms with Crippen molar-refractivity contribution in [1.29, 1.82) is 0 Å². The molecule has 0 spiro atoms. The summed E-state index contributed by atoms with van der Waals surface area (Å²) in [6.45, 7) is 0.275. The van der Waals surface area contributed by atoms with E-state index in [2.05, 4.69) is 17.3 Å². The highest BCUT2D eigenvalue weighted by Gasteiger charge is 2.59. The molecule has 6 rings (SSSR count). The molecule has 2 aliphatic carbocycles. The van der Waals surface area contributed by atoms with Crippen LogP contribution in [0, 0.1) is 23.7 Å². The lowest BCUT2D eigenvalue weighted by atomic mass is 9.85. The van der Waals surface area contributed by atoms with Crippen LogP contribution in [0.15, 0.2) is 71.9 Å². The van der Waals surface area contributed by atoms with E-state index in [-0.39, 0.29) is 42.1 Å². The van der Waals surface area contributed by atoms with Gasteiger partial charge in [0.05, 0.1) is 28.1 Å². The first-order valence-electron chi connectivity index (χ1n) is 11.2. The first-order chi connectivity index (χ1) is 16.5. The normalized spacial score (nSPS) is 25.2. The molecule has 2 bridgehead atoms. The van der Waals surface area contributed by atoms with Crippen molar-refractivity contribution in [1.82, 2.24) is 5.01 Å². The summed E-state index contributed by atoms with van der Waals surface area (Å²) in [6.07, 6.45) is 6.60. The van der Waals surface area contributed by atoms with E-state index in [0.29, 0.717) is 21.4 Å². The summed E-state index contributed by atoms with van der Waals surface area (Å²) in [7, 11) is 0. The van der Waals surface area contributed by atoms with Crippen molar-refractivity contribution in [3.05, 3.63) is 87.9 Å². The van der Waals surface area contributed by atoms with Gasteiger partial charge in [0.15, 0.2) is 0 Å². The van der Waals surface area contributed by atoms with Crippen molar-refractivity contribution in [2.24, 2.45) is 28.8 Å². The molecule has 7 heteroatoms. The molecule has 1 saturated heterocycles. The molecule has 5 nitrogen and oxygen atoms in total. The number of rotatable bonds is 5. The molecule has 34 heavy (non-hydrogen) atoms. The van der Waals surface area contributed by atoms with Gasteiger partial charge in [-0.25, -0.2) is 0 Å². The number of allylic oxidation sites excluding steroid dienone is 2. The Kier molecular flexibility index (Phi) is 5.19. The maximum absolute atomic E-state index is 13.0. The smallest absolute Gasteiger partial charge is 0.254 e. The molecule has 2 fully saturated rings. The minimum atomic E-state index is -0.280. The number of hydrogen-bond donors (Lipinski definition) is 0. The Labute approximate surface area is 206 Å². The van der Waals surface area contributed by atoms with Crippen molar-refractivity contribution < 1.29 is 14.3 Å². The second kappa shape index (κ2) is 8.26. The molecule has 1 aliphatic heterocycles. The zero-order valence-corrected chi connectivity index (χ0v) is 19.5. The van der Waals surface area contributed by atoms with E-state index in [4.69, 9.17) is 27.9 Å². The van der Waals surface area contributed by atoms with Crippen LogP contribution in [-0.2, 0) is 16.2 Å². The van der Waals surface area contributed by atoms with Gasteiger partial charge in [0.25, 0.3) is 11.8 Å². The highest BCUT2D eigenvalue weighted by molar-refractivity contribution is 6.42.